The van der Waals surface area contributed by atoms with Gasteiger partial charge in [0.1, 0.15) is 40.7 Å². The van der Waals surface area contributed by atoms with Crippen molar-refractivity contribution in [1.82, 2.24) is 9.78 Å². The van der Waals surface area contributed by atoms with Crippen molar-refractivity contribution in [3.05, 3.63) is 70.4 Å². The van der Waals surface area contributed by atoms with Gasteiger partial charge in [-0.05, 0) is 68.0 Å². The van der Waals surface area contributed by atoms with E-state index < -0.39 is 0 Å². The quantitative estimate of drug-likeness (QED) is 0.223. The van der Waals surface area contributed by atoms with Gasteiger partial charge >= 0.3 is 0 Å². The van der Waals surface area contributed by atoms with E-state index in [1.165, 1.54) is 0 Å². The van der Waals surface area contributed by atoms with Gasteiger partial charge in [-0.25, -0.2) is 4.68 Å². The van der Waals surface area contributed by atoms with Gasteiger partial charge in [0.05, 0.1) is 17.5 Å². The molecule has 0 saturated carbocycles. The molecule has 0 unspecified atom stereocenters. The number of aromatic nitrogens is 2. The van der Waals surface area contributed by atoms with E-state index in [1.54, 1.807) is 17.0 Å². The molecule has 0 amide bonds. The molecular formula is C24H25Cl2N3O4. The molecule has 0 aliphatic rings. The van der Waals surface area contributed by atoms with Gasteiger partial charge in [0.15, 0.2) is 0 Å². The number of halogens is 2. The Labute approximate surface area is 203 Å². The van der Waals surface area contributed by atoms with Crippen LogP contribution in [0.15, 0.2) is 64.3 Å². The summed E-state index contributed by atoms with van der Waals surface area (Å²) in [5.74, 6) is 3.27. The second-order valence-corrected chi connectivity index (χ2v) is 7.75. The van der Waals surface area contributed by atoms with Crippen molar-refractivity contribution in [3.8, 4) is 28.9 Å². The van der Waals surface area contributed by atoms with Crippen molar-refractivity contribution < 1.29 is 19.0 Å². The molecule has 174 valence electrons. The molecular weight excluding hydrogens is 465 g/mol. The fourth-order valence-electron chi connectivity index (χ4n) is 2.88. The predicted molar refractivity (Wildman–Crippen MR) is 130 cm³/mol. The fraction of sp³-hybridized carbons (Fsp3) is 0.250. The summed E-state index contributed by atoms with van der Waals surface area (Å²) < 4.78 is 19.4. The normalized spacial score (nSPS) is 10.8. The molecule has 1 aromatic heterocycles. The molecule has 0 spiro atoms. The number of rotatable bonds is 11. The lowest BCUT2D eigenvalue weighted by Crippen LogP contribution is -1.97. The Kier molecular flexibility index (Phi) is 9.04. The van der Waals surface area contributed by atoms with Crippen LogP contribution in [-0.2, 0) is 18.3 Å². The Morgan fingerprint density at radius 1 is 0.939 bits per heavy atom. The molecule has 2 aromatic carbocycles. The highest BCUT2D eigenvalue weighted by Crippen LogP contribution is 2.30. The zero-order valence-corrected chi connectivity index (χ0v) is 20.1. The Morgan fingerprint density at radius 2 is 1.52 bits per heavy atom. The number of aryl methyl sites for hydroxylation is 2. The zero-order chi connectivity index (χ0) is 23.6. The molecule has 33 heavy (non-hydrogen) atoms. The van der Waals surface area contributed by atoms with Gasteiger partial charge in [-0.15, -0.1) is 0 Å². The van der Waals surface area contributed by atoms with E-state index in [0.717, 1.165) is 17.7 Å². The number of oxime groups is 1. The van der Waals surface area contributed by atoms with Crippen LogP contribution < -0.4 is 14.2 Å². The predicted octanol–water partition coefficient (Wildman–Crippen LogP) is 6.64. The van der Waals surface area contributed by atoms with Crippen LogP contribution in [0.1, 0.15) is 25.1 Å². The first kappa shape index (κ1) is 24.5. The average Bonchev–Trinajstić information content (AvgIpc) is 3.10. The summed E-state index contributed by atoms with van der Waals surface area (Å²) in [6.07, 6.45) is 3.95. The highest BCUT2D eigenvalue weighted by Gasteiger charge is 2.16. The van der Waals surface area contributed by atoms with E-state index in [1.807, 2.05) is 69.4 Å². The van der Waals surface area contributed by atoms with E-state index >= 15 is 0 Å². The molecule has 1 heterocycles. The Balaban J connectivity index is 1.65. The minimum absolute atomic E-state index is 0.173. The summed E-state index contributed by atoms with van der Waals surface area (Å²) in [6.45, 7) is 4.69. The molecule has 0 atom stereocenters. The lowest BCUT2D eigenvalue weighted by Gasteiger charge is -2.10. The van der Waals surface area contributed by atoms with Crippen LogP contribution in [0.3, 0.4) is 0 Å². The van der Waals surface area contributed by atoms with Gasteiger partial charge in [-0.2, -0.15) is 5.10 Å². The standard InChI is InChI=1S/C24H25Cl2N3O4/c1-4-22-21(16-27-31-5-2)24(29(3)28-22)33-20-12-10-19(11-13-20)32-18-8-6-17(7-9-18)30-15-14-23(25)26/h6-14,16H,4-5,15H2,1-3H3. The third kappa shape index (κ3) is 7.17. The molecule has 0 aliphatic carbocycles. The Hall–Kier alpha value is -3.16. The van der Waals surface area contributed by atoms with E-state index in [2.05, 4.69) is 10.3 Å². The van der Waals surface area contributed by atoms with Gasteiger partial charge in [-0.3, -0.25) is 0 Å². The highest BCUT2D eigenvalue weighted by atomic mass is 35.5. The summed E-state index contributed by atoms with van der Waals surface area (Å²) in [5.41, 5.74) is 1.67. The van der Waals surface area contributed by atoms with E-state index in [9.17, 15) is 0 Å². The number of benzene rings is 2. The molecule has 0 aliphatic heterocycles. The summed E-state index contributed by atoms with van der Waals surface area (Å²) >= 11 is 11.1. The van der Waals surface area contributed by atoms with E-state index in [4.69, 9.17) is 42.3 Å². The van der Waals surface area contributed by atoms with Crippen LogP contribution in [0.2, 0.25) is 0 Å². The number of nitrogens with zero attached hydrogens (tertiary/aromatic N) is 3. The molecule has 0 fully saturated rings. The second-order valence-electron chi connectivity index (χ2n) is 6.75. The van der Waals surface area contributed by atoms with Crippen molar-refractivity contribution in [2.24, 2.45) is 12.2 Å². The first-order chi connectivity index (χ1) is 16.0. The topological polar surface area (TPSA) is 67.1 Å². The van der Waals surface area contributed by atoms with Gasteiger partial charge in [0, 0.05) is 7.05 Å². The van der Waals surface area contributed by atoms with Crippen molar-refractivity contribution in [2.75, 3.05) is 13.2 Å². The Morgan fingerprint density at radius 3 is 2.06 bits per heavy atom. The average molecular weight is 490 g/mol. The molecule has 3 rings (SSSR count). The molecule has 7 nitrogen and oxygen atoms in total. The van der Waals surface area contributed by atoms with Crippen LogP contribution in [0.25, 0.3) is 0 Å². The second kappa shape index (κ2) is 12.2. The summed E-state index contributed by atoms with van der Waals surface area (Å²) in [4.78, 5) is 5.10. The minimum Gasteiger partial charge on any atom is -0.489 e. The first-order valence-electron chi connectivity index (χ1n) is 10.4. The van der Waals surface area contributed by atoms with Crippen molar-refractivity contribution in [1.29, 1.82) is 0 Å². The van der Waals surface area contributed by atoms with Gasteiger partial charge in [0.2, 0.25) is 5.88 Å². The van der Waals surface area contributed by atoms with Gasteiger partial charge in [0.25, 0.3) is 0 Å². The van der Waals surface area contributed by atoms with Crippen LogP contribution in [-0.4, -0.2) is 29.2 Å². The maximum atomic E-state index is 6.09. The highest BCUT2D eigenvalue weighted by molar-refractivity contribution is 6.55. The van der Waals surface area contributed by atoms with Gasteiger partial charge in [-0.1, -0.05) is 35.3 Å². The summed E-state index contributed by atoms with van der Waals surface area (Å²) in [5, 5.41) is 8.48. The summed E-state index contributed by atoms with van der Waals surface area (Å²) in [7, 11) is 1.83. The molecule has 0 bridgehead atoms. The maximum absolute atomic E-state index is 6.09. The third-order valence-corrected chi connectivity index (χ3v) is 4.72. The van der Waals surface area contributed by atoms with Crippen molar-refractivity contribution in [2.45, 2.75) is 20.3 Å². The largest absolute Gasteiger partial charge is 0.489 e. The molecule has 0 saturated heterocycles. The first-order valence-corrected chi connectivity index (χ1v) is 11.2. The molecule has 0 radical (unpaired) electrons. The molecule has 3 aromatic rings. The molecule has 0 N–H and O–H groups in total. The monoisotopic (exact) mass is 489 g/mol. The van der Waals surface area contributed by atoms with Crippen LogP contribution in [0.4, 0.5) is 0 Å². The zero-order valence-electron chi connectivity index (χ0n) is 18.6. The number of hydrogen-bond donors (Lipinski definition) is 0. The SMILES string of the molecule is CCON=Cc1c(CC)nn(C)c1Oc1ccc(Oc2ccc(OCC=C(Cl)Cl)cc2)cc1. The fourth-order valence-corrected chi connectivity index (χ4v) is 3.01. The van der Waals surface area contributed by atoms with Gasteiger partial charge < -0.3 is 19.0 Å². The summed E-state index contributed by atoms with van der Waals surface area (Å²) in [6, 6.07) is 14.6. The lowest BCUT2D eigenvalue weighted by molar-refractivity contribution is 0.160. The molecule has 9 heteroatoms. The number of ether oxygens (including phenoxy) is 3. The van der Waals surface area contributed by atoms with Crippen LogP contribution in [0.5, 0.6) is 28.9 Å². The van der Waals surface area contributed by atoms with Crippen LogP contribution >= 0.6 is 23.2 Å². The maximum Gasteiger partial charge on any atom is 0.226 e. The van der Waals surface area contributed by atoms with Crippen LogP contribution in [0, 0.1) is 0 Å². The van der Waals surface area contributed by atoms with E-state index in [-0.39, 0.29) is 4.49 Å². The lowest BCUT2D eigenvalue weighted by atomic mass is 10.2. The Bertz CT molecular complexity index is 1090. The van der Waals surface area contributed by atoms with Crippen molar-refractivity contribution in [3.63, 3.8) is 0 Å². The van der Waals surface area contributed by atoms with Crippen molar-refractivity contribution >= 4 is 29.4 Å². The third-order valence-electron chi connectivity index (χ3n) is 4.41. The smallest absolute Gasteiger partial charge is 0.226 e. The minimum atomic E-state index is 0.173. The van der Waals surface area contributed by atoms with E-state index in [0.29, 0.717) is 42.1 Å². The number of hydrogen-bond acceptors (Lipinski definition) is 6.